The highest BCUT2D eigenvalue weighted by atomic mass is 16.6. The molecule has 0 spiro atoms. The standard InChI is InChI=1S/C14H19NO2/c1-14(2,3)17-13(16)11-8-12(15)10-7-5-4-6-9(10)11/h4-7,11-12H,8,15H2,1-3H3/t11-,12-/m0/s1. The Morgan fingerprint density at radius 2 is 1.88 bits per heavy atom. The minimum absolute atomic E-state index is 0.0521. The van der Waals surface area contributed by atoms with E-state index in [0.717, 1.165) is 11.1 Å². The predicted molar refractivity (Wildman–Crippen MR) is 66.6 cm³/mol. The van der Waals surface area contributed by atoms with Gasteiger partial charge in [0.1, 0.15) is 5.60 Å². The number of nitrogens with two attached hydrogens (primary N) is 1. The zero-order chi connectivity index (χ0) is 12.6. The van der Waals surface area contributed by atoms with Gasteiger partial charge in [-0.3, -0.25) is 4.79 Å². The van der Waals surface area contributed by atoms with E-state index in [1.165, 1.54) is 0 Å². The van der Waals surface area contributed by atoms with Gasteiger partial charge in [0.25, 0.3) is 0 Å². The smallest absolute Gasteiger partial charge is 0.314 e. The highest BCUT2D eigenvalue weighted by molar-refractivity contribution is 5.80. The molecule has 17 heavy (non-hydrogen) atoms. The molecule has 2 rings (SSSR count). The Kier molecular flexibility index (Phi) is 2.96. The van der Waals surface area contributed by atoms with E-state index in [1.807, 2.05) is 45.0 Å². The van der Waals surface area contributed by atoms with Crippen LogP contribution >= 0.6 is 0 Å². The van der Waals surface area contributed by atoms with Crippen molar-refractivity contribution in [3.63, 3.8) is 0 Å². The third-order valence-electron chi connectivity index (χ3n) is 2.95. The fraction of sp³-hybridized carbons (Fsp3) is 0.500. The van der Waals surface area contributed by atoms with Crippen LogP contribution in [0.4, 0.5) is 0 Å². The van der Waals surface area contributed by atoms with Crippen molar-refractivity contribution in [3.8, 4) is 0 Å². The summed E-state index contributed by atoms with van der Waals surface area (Å²) in [6.45, 7) is 5.64. The van der Waals surface area contributed by atoms with Gasteiger partial charge >= 0.3 is 5.97 Å². The summed E-state index contributed by atoms with van der Waals surface area (Å²) in [6.07, 6.45) is 0.647. The maximum atomic E-state index is 12.1. The number of esters is 1. The lowest BCUT2D eigenvalue weighted by Gasteiger charge is -2.22. The van der Waals surface area contributed by atoms with E-state index in [0.29, 0.717) is 6.42 Å². The van der Waals surface area contributed by atoms with Crippen molar-refractivity contribution in [2.24, 2.45) is 5.73 Å². The first-order chi connectivity index (χ1) is 7.88. The zero-order valence-corrected chi connectivity index (χ0v) is 10.6. The van der Waals surface area contributed by atoms with Gasteiger partial charge in [-0.05, 0) is 38.3 Å². The molecule has 1 aromatic carbocycles. The molecule has 2 atom stereocenters. The van der Waals surface area contributed by atoms with Crippen LogP contribution in [0.25, 0.3) is 0 Å². The molecule has 1 aliphatic rings. The van der Waals surface area contributed by atoms with Crippen LogP contribution in [0.1, 0.15) is 50.3 Å². The van der Waals surface area contributed by atoms with Crippen molar-refractivity contribution in [3.05, 3.63) is 35.4 Å². The highest BCUT2D eigenvalue weighted by Gasteiger charge is 2.35. The summed E-state index contributed by atoms with van der Waals surface area (Å²) in [5.41, 5.74) is 7.68. The summed E-state index contributed by atoms with van der Waals surface area (Å²) in [7, 11) is 0. The van der Waals surface area contributed by atoms with E-state index in [-0.39, 0.29) is 17.9 Å². The molecule has 3 nitrogen and oxygen atoms in total. The number of fused-ring (bicyclic) bond motifs is 1. The van der Waals surface area contributed by atoms with Gasteiger partial charge in [-0.25, -0.2) is 0 Å². The van der Waals surface area contributed by atoms with Crippen molar-refractivity contribution in [2.75, 3.05) is 0 Å². The molecule has 3 heteroatoms. The van der Waals surface area contributed by atoms with E-state index in [9.17, 15) is 4.79 Å². The fourth-order valence-electron chi connectivity index (χ4n) is 2.27. The molecular weight excluding hydrogens is 214 g/mol. The first kappa shape index (κ1) is 12.1. The molecule has 1 aromatic rings. The van der Waals surface area contributed by atoms with Gasteiger partial charge in [0.05, 0.1) is 5.92 Å². The molecule has 0 radical (unpaired) electrons. The number of carbonyl (C=O) groups excluding carboxylic acids is 1. The van der Waals surface area contributed by atoms with Crippen LogP contribution in [-0.2, 0) is 9.53 Å². The van der Waals surface area contributed by atoms with Gasteiger partial charge in [-0.15, -0.1) is 0 Å². The van der Waals surface area contributed by atoms with Gasteiger partial charge in [-0.1, -0.05) is 24.3 Å². The second kappa shape index (κ2) is 4.15. The first-order valence-corrected chi connectivity index (χ1v) is 5.96. The van der Waals surface area contributed by atoms with Crippen LogP contribution in [0.2, 0.25) is 0 Å². The SMILES string of the molecule is CC(C)(C)OC(=O)[C@H]1C[C@H](N)c2ccccc21. The van der Waals surface area contributed by atoms with Crippen LogP contribution < -0.4 is 5.73 Å². The minimum atomic E-state index is -0.446. The van der Waals surface area contributed by atoms with E-state index in [1.54, 1.807) is 0 Å². The maximum absolute atomic E-state index is 12.1. The predicted octanol–water partition coefficient (Wildman–Crippen LogP) is 2.52. The van der Waals surface area contributed by atoms with E-state index in [2.05, 4.69) is 0 Å². The third-order valence-corrected chi connectivity index (χ3v) is 2.95. The zero-order valence-electron chi connectivity index (χ0n) is 10.6. The number of rotatable bonds is 1. The molecular formula is C14H19NO2. The summed E-state index contributed by atoms with van der Waals surface area (Å²) in [5, 5.41) is 0. The molecule has 0 aromatic heterocycles. The summed E-state index contributed by atoms with van der Waals surface area (Å²) < 4.78 is 5.43. The van der Waals surface area contributed by atoms with Gasteiger partial charge < -0.3 is 10.5 Å². The Labute approximate surface area is 102 Å². The average molecular weight is 233 g/mol. The number of hydrogen-bond acceptors (Lipinski definition) is 3. The summed E-state index contributed by atoms with van der Waals surface area (Å²) in [4.78, 5) is 12.1. The van der Waals surface area contributed by atoms with E-state index in [4.69, 9.17) is 10.5 Å². The first-order valence-electron chi connectivity index (χ1n) is 5.96. The van der Waals surface area contributed by atoms with Crippen LogP contribution in [0, 0.1) is 0 Å². The largest absolute Gasteiger partial charge is 0.459 e. The lowest BCUT2D eigenvalue weighted by Crippen LogP contribution is -2.27. The normalized spacial score (nSPS) is 23.3. The van der Waals surface area contributed by atoms with Crippen molar-refractivity contribution in [1.29, 1.82) is 0 Å². The highest BCUT2D eigenvalue weighted by Crippen LogP contribution is 2.39. The summed E-state index contributed by atoms with van der Waals surface area (Å²) in [5.74, 6) is -0.377. The van der Waals surface area contributed by atoms with Crippen molar-refractivity contribution in [2.45, 2.75) is 44.8 Å². The molecule has 0 fully saturated rings. The lowest BCUT2D eigenvalue weighted by atomic mass is 10.0. The second-order valence-corrected chi connectivity index (χ2v) is 5.56. The average Bonchev–Trinajstić information content (AvgIpc) is 2.55. The quantitative estimate of drug-likeness (QED) is 0.758. The topological polar surface area (TPSA) is 52.3 Å². The Bertz CT molecular complexity index is 434. The fourth-order valence-corrected chi connectivity index (χ4v) is 2.27. The summed E-state index contributed by atoms with van der Waals surface area (Å²) >= 11 is 0. The van der Waals surface area contributed by atoms with Crippen molar-refractivity contribution < 1.29 is 9.53 Å². The number of carbonyl (C=O) groups is 1. The molecule has 0 amide bonds. The Hall–Kier alpha value is -1.35. The van der Waals surface area contributed by atoms with Gasteiger partial charge in [0.15, 0.2) is 0 Å². The second-order valence-electron chi connectivity index (χ2n) is 5.56. The number of hydrogen-bond donors (Lipinski definition) is 1. The molecule has 0 saturated heterocycles. The molecule has 1 aliphatic carbocycles. The van der Waals surface area contributed by atoms with Crippen LogP contribution in [0.3, 0.4) is 0 Å². The van der Waals surface area contributed by atoms with Gasteiger partial charge in [0.2, 0.25) is 0 Å². The third kappa shape index (κ3) is 2.50. The Balaban J connectivity index is 2.23. The Morgan fingerprint density at radius 1 is 1.29 bits per heavy atom. The van der Waals surface area contributed by atoms with Gasteiger partial charge in [-0.2, -0.15) is 0 Å². The molecule has 0 bridgehead atoms. The Morgan fingerprint density at radius 3 is 2.47 bits per heavy atom. The van der Waals surface area contributed by atoms with Crippen molar-refractivity contribution >= 4 is 5.97 Å². The van der Waals surface area contributed by atoms with E-state index >= 15 is 0 Å². The number of ether oxygens (including phenoxy) is 1. The summed E-state index contributed by atoms with van der Waals surface area (Å²) in [6, 6.07) is 7.80. The van der Waals surface area contributed by atoms with Crippen LogP contribution in [-0.4, -0.2) is 11.6 Å². The lowest BCUT2D eigenvalue weighted by molar-refractivity contribution is -0.156. The maximum Gasteiger partial charge on any atom is 0.314 e. The molecule has 0 saturated carbocycles. The van der Waals surface area contributed by atoms with E-state index < -0.39 is 5.60 Å². The number of benzene rings is 1. The van der Waals surface area contributed by atoms with Crippen LogP contribution in [0.15, 0.2) is 24.3 Å². The minimum Gasteiger partial charge on any atom is -0.459 e. The molecule has 0 unspecified atom stereocenters. The van der Waals surface area contributed by atoms with Crippen LogP contribution in [0.5, 0.6) is 0 Å². The molecule has 2 N–H and O–H groups in total. The molecule has 92 valence electrons. The molecule has 0 aliphatic heterocycles. The van der Waals surface area contributed by atoms with Crippen molar-refractivity contribution in [1.82, 2.24) is 0 Å². The molecule has 0 heterocycles. The monoisotopic (exact) mass is 233 g/mol. The van der Waals surface area contributed by atoms with Gasteiger partial charge in [0, 0.05) is 6.04 Å².